The van der Waals surface area contributed by atoms with Crippen LogP contribution in [0.5, 0.6) is 0 Å². The Kier molecular flexibility index (Phi) is 4.47. The van der Waals surface area contributed by atoms with Crippen LogP contribution in [0, 0.1) is 18.8 Å². The van der Waals surface area contributed by atoms with E-state index in [-0.39, 0.29) is 11.9 Å². The number of aromatic nitrogens is 3. The van der Waals surface area contributed by atoms with Gasteiger partial charge in [0.25, 0.3) is 0 Å². The van der Waals surface area contributed by atoms with Crippen LogP contribution in [-0.2, 0) is 4.79 Å². The van der Waals surface area contributed by atoms with E-state index in [1.54, 1.807) is 0 Å². The highest BCUT2D eigenvalue weighted by Gasteiger charge is 2.40. The maximum absolute atomic E-state index is 12.2. The van der Waals surface area contributed by atoms with Crippen LogP contribution in [0.3, 0.4) is 0 Å². The zero-order valence-electron chi connectivity index (χ0n) is 12.7. The first-order valence-electron chi connectivity index (χ1n) is 7.49. The van der Waals surface area contributed by atoms with Gasteiger partial charge in [-0.3, -0.25) is 9.89 Å². The Labute approximate surface area is 134 Å². The van der Waals surface area contributed by atoms with E-state index in [0.29, 0.717) is 22.7 Å². The lowest BCUT2D eigenvalue weighted by atomic mass is 10.0. The molecule has 1 heterocycles. The number of aromatic amines is 1. The van der Waals surface area contributed by atoms with Crippen LogP contribution in [0.25, 0.3) is 0 Å². The van der Waals surface area contributed by atoms with E-state index < -0.39 is 0 Å². The first kappa shape index (κ1) is 15.1. The normalized spacial score (nSPS) is 21.4. The third-order valence-electron chi connectivity index (χ3n) is 3.98. The molecule has 2 aromatic rings. The maximum Gasteiger partial charge on any atom is 0.230 e. The number of hydrogen-bond acceptors (Lipinski definition) is 4. The molecule has 1 aliphatic carbocycles. The van der Waals surface area contributed by atoms with Gasteiger partial charge in [0, 0.05) is 0 Å². The Balaban J connectivity index is 1.60. The summed E-state index contributed by atoms with van der Waals surface area (Å²) in [5.74, 6) is 2.34. The number of thioether (sulfide) groups is 1. The van der Waals surface area contributed by atoms with Crippen LogP contribution < -0.4 is 5.32 Å². The largest absolute Gasteiger partial charge is 0.348 e. The van der Waals surface area contributed by atoms with Gasteiger partial charge in [-0.2, -0.15) is 0 Å². The smallest absolute Gasteiger partial charge is 0.230 e. The lowest BCUT2D eigenvalue weighted by molar-refractivity contribution is -0.119. The van der Waals surface area contributed by atoms with Crippen LogP contribution in [-0.4, -0.2) is 26.8 Å². The van der Waals surface area contributed by atoms with Gasteiger partial charge in [0.05, 0.1) is 11.8 Å². The fourth-order valence-corrected chi connectivity index (χ4v) is 3.30. The molecule has 0 bridgehead atoms. The summed E-state index contributed by atoms with van der Waals surface area (Å²) in [5, 5.41) is 10.6. The standard InChI is InChI=1S/C16H20N4OS/c1-10-8-13(10)15(12-6-4-3-5-7-12)18-14(21)9-22-16-17-11(2)19-20-16/h3-7,10,13,15H,8-9H2,1-2H3,(H,18,21)(H,17,19,20)/t10-,13-,15+/m0/s1. The minimum absolute atomic E-state index is 0.0282. The Bertz CT molecular complexity index is 643. The van der Waals surface area contributed by atoms with Crippen molar-refractivity contribution in [3.05, 3.63) is 41.7 Å². The molecule has 1 fully saturated rings. The number of nitrogens with zero attached hydrogens (tertiary/aromatic N) is 2. The summed E-state index contributed by atoms with van der Waals surface area (Å²) in [7, 11) is 0. The summed E-state index contributed by atoms with van der Waals surface area (Å²) in [6.45, 7) is 4.08. The van der Waals surface area contributed by atoms with E-state index in [0.717, 1.165) is 5.82 Å². The molecule has 5 nitrogen and oxygen atoms in total. The third-order valence-corrected chi connectivity index (χ3v) is 4.83. The molecule has 1 amide bonds. The lowest BCUT2D eigenvalue weighted by Crippen LogP contribution is -2.31. The van der Waals surface area contributed by atoms with Crippen LogP contribution in [0.4, 0.5) is 0 Å². The molecular weight excluding hydrogens is 296 g/mol. The van der Waals surface area contributed by atoms with Gasteiger partial charge < -0.3 is 5.32 Å². The molecule has 3 atom stereocenters. The number of amides is 1. The SMILES string of the molecule is Cc1nc(SCC(=O)N[C@H](c2ccccc2)[C@H]2C[C@@H]2C)n[nH]1. The number of H-pyrrole nitrogens is 1. The third kappa shape index (κ3) is 3.68. The van der Waals surface area contributed by atoms with Crippen LogP contribution in [0.2, 0.25) is 0 Å². The van der Waals surface area contributed by atoms with E-state index in [2.05, 4.69) is 39.6 Å². The summed E-state index contributed by atoms with van der Waals surface area (Å²) < 4.78 is 0. The number of hydrogen-bond donors (Lipinski definition) is 2. The summed E-state index contributed by atoms with van der Waals surface area (Å²) in [6, 6.07) is 10.3. The van der Waals surface area contributed by atoms with E-state index in [4.69, 9.17) is 0 Å². The molecule has 6 heteroatoms. The predicted octanol–water partition coefficient (Wildman–Crippen LogP) is 2.72. The van der Waals surface area contributed by atoms with Gasteiger partial charge in [-0.05, 0) is 30.7 Å². The summed E-state index contributed by atoms with van der Waals surface area (Å²) in [4.78, 5) is 16.4. The van der Waals surface area contributed by atoms with Crippen molar-refractivity contribution in [3.63, 3.8) is 0 Å². The van der Waals surface area contributed by atoms with Gasteiger partial charge in [-0.1, -0.05) is 49.0 Å². The van der Waals surface area contributed by atoms with Crippen molar-refractivity contribution >= 4 is 17.7 Å². The Morgan fingerprint density at radius 3 is 2.77 bits per heavy atom. The lowest BCUT2D eigenvalue weighted by Gasteiger charge is -2.19. The van der Waals surface area contributed by atoms with Crippen molar-refractivity contribution in [1.82, 2.24) is 20.5 Å². The Morgan fingerprint density at radius 1 is 1.45 bits per heavy atom. The number of carbonyl (C=O) groups excluding carboxylic acids is 1. The van der Waals surface area contributed by atoms with Crippen molar-refractivity contribution in [3.8, 4) is 0 Å². The fraction of sp³-hybridized carbons (Fsp3) is 0.438. The second-order valence-electron chi connectivity index (χ2n) is 5.82. The number of benzene rings is 1. The monoisotopic (exact) mass is 316 g/mol. The van der Waals surface area contributed by atoms with E-state index in [1.807, 2.05) is 25.1 Å². The molecule has 1 aliphatic rings. The van der Waals surface area contributed by atoms with Crippen LogP contribution >= 0.6 is 11.8 Å². The van der Waals surface area contributed by atoms with Crippen LogP contribution in [0.15, 0.2) is 35.5 Å². The average Bonchev–Trinajstić information content (AvgIpc) is 3.09. The van der Waals surface area contributed by atoms with Crippen molar-refractivity contribution < 1.29 is 4.79 Å². The van der Waals surface area contributed by atoms with Crippen molar-refractivity contribution in [1.29, 1.82) is 0 Å². The molecule has 3 rings (SSSR count). The minimum Gasteiger partial charge on any atom is -0.348 e. The molecule has 0 spiro atoms. The summed E-state index contributed by atoms with van der Waals surface area (Å²) in [5.41, 5.74) is 1.18. The molecule has 22 heavy (non-hydrogen) atoms. The maximum atomic E-state index is 12.2. The van der Waals surface area contributed by atoms with Gasteiger partial charge in [0.2, 0.25) is 11.1 Å². The highest BCUT2D eigenvalue weighted by atomic mass is 32.2. The number of nitrogens with one attached hydrogen (secondary N) is 2. The first-order valence-corrected chi connectivity index (χ1v) is 8.48. The average molecular weight is 316 g/mol. The molecule has 2 N–H and O–H groups in total. The number of carbonyl (C=O) groups is 1. The second-order valence-corrected chi connectivity index (χ2v) is 6.77. The molecule has 116 valence electrons. The summed E-state index contributed by atoms with van der Waals surface area (Å²) >= 11 is 1.35. The van der Waals surface area contributed by atoms with Gasteiger partial charge in [-0.25, -0.2) is 4.98 Å². The molecule has 1 aromatic carbocycles. The molecule has 0 saturated heterocycles. The zero-order chi connectivity index (χ0) is 15.5. The molecule has 1 aromatic heterocycles. The predicted molar refractivity (Wildman–Crippen MR) is 86.4 cm³/mol. The van der Waals surface area contributed by atoms with Gasteiger partial charge >= 0.3 is 0 Å². The topological polar surface area (TPSA) is 70.7 Å². The zero-order valence-corrected chi connectivity index (χ0v) is 13.6. The number of aryl methyl sites for hydroxylation is 1. The van der Waals surface area contributed by atoms with E-state index >= 15 is 0 Å². The van der Waals surface area contributed by atoms with Crippen LogP contribution in [0.1, 0.15) is 30.8 Å². The fourth-order valence-electron chi connectivity index (χ4n) is 2.65. The molecule has 0 unspecified atom stereocenters. The van der Waals surface area contributed by atoms with E-state index in [1.165, 1.54) is 23.7 Å². The first-order chi connectivity index (χ1) is 10.6. The van der Waals surface area contributed by atoms with E-state index in [9.17, 15) is 4.79 Å². The van der Waals surface area contributed by atoms with Gasteiger partial charge in [0.1, 0.15) is 5.82 Å². The molecular formula is C16H20N4OS. The second kappa shape index (κ2) is 6.52. The van der Waals surface area contributed by atoms with Crippen molar-refractivity contribution in [2.24, 2.45) is 11.8 Å². The minimum atomic E-state index is 0.0282. The highest BCUT2D eigenvalue weighted by molar-refractivity contribution is 7.99. The highest BCUT2D eigenvalue weighted by Crippen LogP contribution is 2.46. The number of rotatable bonds is 6. The Hall–Kier alpha value is -1.82. The van der Waals surface area contributed by atoms with Gasteiger partial charge in [0.15, 0.2) is 0 Å². The van der Waals surface area contributed by atoms with Crippen molar-refractivity contribution in [2.45, 2.75) is 31.5 Å². The van der Waals surface area contributed by atoms with Gasteiger partial charge in [-0.15, -0.1) is 5.10 Å². The molecule has 1 saturated carbocycles. The molecule has 0 aliphatic heterocycles. The quantitative estimate of drug-likeness (QED) is 0.804. The molecule has 0 radical (unpaired) electrons. The van der Waals surface area contributed by atoms with Crippen molar-refractivity contribution in [2.75, 3.05) is 5.75 Å². The Morgan fingerprint density at radius 2 is 2.18 bits per heavy atom. The summed E-state index contributed by atoms with van der Waals surface area (Å²) in [6.07, 6.45) is 1.17.